The lowest BCUT2D eigenvalue weighted by molar-refractivity contribution is -0.145. The van der Waals surface area contributed by atoms with Gasteiger partial charge in [-0.2, -0.15) is 0 Å². The van der Waals surface area contributed by atoms with E-state index in [4.69, 9.17) is 0 Å². The maximum atomic E-state index is 13.0. The largest absolute Gasteiger partial charge is 0.332 e. The molecule has 0 radical (unpaired) electrons. The summed E-state index contributed by atoms with van der Waals surface area (Å²) in [6.07, 6.45) is 0. The number of benzene rings is 3. The van der Waals surface area contributed by atoms with Gasteiger partial charge in [0.15, 0.2) is 0 Å². The molecule has 0 bridgehead atoms. The lowest BCUT2D eigenvalue weighted by Gasteiger charge is -2.40. The normalized spacial score (nSPS) is 14.4. The van der Waals surface area contributed by atoms with Gasteiger partial charge in [0, 0.05) is 38.4 Å². The summed E-state index contributed by atoms with van der Waals surface area (Å²) >= 11 is 0. The topological polar surface area (TPSA) is 43.9 Å². The molecular formula is C27H29N3O2. The fraction of sp³-hybridized carbons (Fsp3) is 0.259. The first-order valence-corrected chi connectivity index (χ1v) is 11.2. The second kappa shape index (κ2) is 10.2. The molecule has 0 unspecified atom stereocenters. The van der Waals surface area contributed by atoms with Gasteiger partial charge in [-0.1, -0.05) is 78.9 Å². The molecule has 0 atom stereocenters. The number of carbonyl (C=O) groups is 2. The van der Waals surface area contributed by atoms with E-state index in [2.05, 4.69) is 53.4 Å². The highest BCUT2D eigenvalue weighted by Gasteiger charge is 2.32. The van der Waals surface area contributed by atoms with Crippen molar-refractivity contribution in [1.82, 2.24) is 9.80 Å². The summed E-state index contributed by atoms with van der Waals surface area (Å²) < 4.78 is 0. The molecule has 3 aromatic rings. The van der Waals surface area contributed by atoms with E-state index < -0.39 is 11.8 Å². The lowest BCUT2D eigenvalue weighted by atomic mass is 9.96. The van der Waals surface area contributed by atoms with Gasteiger partial charge in [0.05, 0.1) is 6.04 Å². The Morgan fingerprint density at radius 1 is 0.750 bits per heavy atom. The first kappa shape index (κ1) is 21.8. The van der Waals surface area contributed by atoms with Gasteiger partial charge in [-0.3, -0.25) is 14.5 Å². The molecule has 5 nitrogen and oxygen atoms in total. The van der Waals surface area contributed by atoms with Crippen molar-refractivity contribution in [1.29, 1.82) is 0 Å². The molecule has 5 heteroatoms. The maximum absolute atomic E-state index is 13.0. The molecular weight excluding hydrogens is 398 g/mol. The van der Waals surface area contributed by atoms with Crippen molar-refractivity contribution in [2.24, 2.45) is 0 Å². The third-order valence-electron chi connectivity index (χ3n) is 6.01. The van der Waals surface area contributed by atoms with E-state index in [-0.39, 0.29) is 6.04 Å². The highest BCUT2D eigenvalue weighted by Crippen LogP contribution is 2.29. The SMILES string of the molecule is CCN(C(=O)C(=O)N1CCN(C(c2ccccc2)c2ccccc2)CC1)c1ccccc1. The Labute approximate surface area is 189 Å². The Morgan fingerprint density at radius 3 is 1.69 bits per heavy atom. The van der Waals surface area contributed by atoms with Crippen molar-refractivity contribution < 1.29 is 9.59 Å². The van der Waals surface area contributed by atoms with Crippen LogP contribution in [-0.2, 0) is 9.59 Å². The average Bonchev–Trinajstić information content (AvgIpc) is 2.86. The van der Waals surface area contributed by atoms with E-state index in [0.29, 0.717) is 32.7 Å². The van der Waals surface area contributed by atoms with Crippen LogP contribution >= 0.6 is 0 Å². The minimum Gasteiger partial charge on any atom is -0.332 e. The molecule has 0 saturated carbocycles. The molecule has 0 N–H and O–H groups in total. The van der Waals surface area contributed by atoms with Crippen molar-refractivity contribution in [3.63, 3.8) is 0 Å². The Hall–Kier alpha value is -3.44. The first-order chi connectivity index (χ1) is 15.7. The predicted molar refractivity (Wildman–Crippen MR) is 127 cm³/mol. The predicted octanol–water partition coefficient (Wildman–Crippen LogP) is 3.97. The van der Waals surface area contributed by atoms with Gasteiger partial charge in [0.25, 0.3) is 0 Å². The van der Waals surface area contributed by atoms with Gasteiger partial charge in [0.1, 0.15) is 0 Å². The van der Waals surface area contributed by atoms with Crippen LogP contribution in [0.4, 0.5) is 5.69 Å². The van der Waals surface area contributed by atoms with Crippen LogP contribution in [0.3, 0.4) is 0 Å². The number of hydrogen-bond acceptors (Lipinski definition) is 3. The third kappa shape index (κ3) is 4.73. The summed E-state index contributed by atoms with van der Waals surface area (Å²) in [5.41, 5.74) is 3.21. The fourth-order valence-electron chi connectivity index (χ4n) is 4.37. The molecule has 0 aromatic heterocycles. The van der Waals surface area contributed by atoms with E-state index in [0.717, 1.165) is 5.69 Å². The van der Waals surface area contributed by atoms with Gasteiger partial charge in [-0.05, 0) is 30.2 Å². The number of para-hydroxylation sites is 1. The molecule has 2 amide bonds. The van der Waals surface area contributed by atoms with Crippen LogP contribution < -0.4 is 4.90 Å². The maximum Gasteiger partial charge on any atom is 0.316 e. The number of rotatable bonds is 5. The van der Waals surface area contributed by atoms with Crippen molar-refractivity contribution in [2.75, 3.05) is 37.6 Å². The Kier molecular flexibility index (Phi) is 6.97. The van der Waals surface area contributed by atoms with Gasteiger partial charge >= 0.3 is 11.8 Å². The molecule has 4 rings (SSSR count). The number of likely N-dealkylation sites (N-methyl/N-ethyl adjacent to an activating group) is 1. The first-order valence-electron chi connectivity index (χ1n) is 11.2. The van der Waals surface area contributed by atoms with Crippen LogP contribution in [0.2, 0.25) is 0 Å². The molecule has 0 spiro atoms. The van der Waals surface area contributed by atoms with Crippen LogP contribution in [0, 0.1) is 0 Å². The number of piperazine rings is 1. The van der Waals surface area contributed by atoms with E-state index in [1.807, 2.05) is 49.4 Å². The summed E-state index contributed by atoms with van der Waals surface area (Å²) in [5.74, 6) is -0.888. The zero-order valence-corrected chi connectivity index (χ0v) is 18.4. The smallest absolute Gasteiger partial charge is 0.316 e. The molecule has 32 heavy (non-hydrogen) atoms. The van der Waals surface area contributed by atoms with E-state index in [1.54, 1.807) is 9.80 Å². The summed E-state index contributed by atoms with van der Waals surface area (Å²) in [5, 5.41) is 0. The zero-order chi connectivity index (χ0) is 22.3. The van der Waals surface area contributed by atoms with E-state index >= 15 is 0 Å². The summed E-state index contributed by atoms with van der Waals surface area (Å²) in [7, 11) is 0. The quantitative estimate of drug-likeness (QED) is 0.579. The molecule has 1 fully saturated rings. The number of carbonyl (C=O) groups excluding carboxylic acids is 2. The van der Waals surface area contributed by atoms with Gasteiger partial charge in [0.2, 0.25) is 0 Å². The lowest BCUT2D eigenvalue weighted by Crippen LogP contribution is -2.54. The van der Waals surface area contributed by atoms with Crippen LogP contribution in [0.1, 0.15) is 24.1 Å². The molecule has 164 valence electrons. The van der Waals surface area contributed by atoms with Crippen molar-refractivity contribution in [2.45, 2.75) is 13.0 Å². The van der Waals surface area contributed by atoms with Crippen LogP contribution in [0.25, 0.3) is 0 Å². The second-order valence-electron chi connectivity index (χ2n) is 7.94. The molecule has 1 saturated heterocycles. The highest BCUT2D eigenvalue weighted by molar-refractivity contribution is 6.40. The van der Waals surface area contributed by atoms with Crippen molar-refractivity contribution >= 4 is 17.5 Å². The fourth-order valence-corrected chi connectivity index (χ4v) is 4.37. The number of hydrogen-bond donors (Lipinski definition) is 0. The number of amides is 2. The van der Waals surface area contributed by atoms with E-state index in [1.165, 1.54) is 11.1 Å². The molecule has 3 aromatic carbocycles. The molecule has 1 heterocycles. The third-order valence-corrected chi connectivity index (χ3v) is 6.01. The average molecular weight is 428 g/mol. The summed E-state index contributed by atoms with van der Waals surface area (Å²) in [6.45, 7) is 4.84. The monoisotopic (exact) mass is 427 g/mol. The Bertz CT molecular complexity index is 977. The van der Waals surface area contributed by atoms with Crippen molar-refractivity contribution in [3.8, 4) is 0 Å². The molecule has 1 aliphatic heterocycles. The van der Waals surface area contributed by atoms with Gasteiger partial charge in [-0.15, -0.1) is 0 Å². The zero-order valence-electron chi connectivity index (χ0n) is 18.4. The van der Waals surface area contributed by atoms with Crippen LogP contribution in [0.5, 0.6) is 0 Å². The molecule has 1 aliphatic rings. The minimum absolute atomic E-state index is 0.127. The Morgan fingerprint density at radius 2 is 1.22 bits per heavy atom. The summed E-state index contributed by atoms with van der Waals surface area (Å²) in [6, 6.07) is 30.4. The van der Waals surface area contributed by atoms with Crippen molar-refractivity contribution in [3.05, 3.63) is 102 Å². The second-order valence-corrected chi connectivity index (χ2v) is 7.94. The van der Waals surface area contributed by atoms with E-state index in [9.17, 15) is 9.59 Å². The summed E-state index contributed by atoms with van der Waals surface area (Å²) in [4.78, 5) is 31.6. The standard InChI is InChI=1S/C27H29N3O2/c1-2-30(24-16-10-5-11-17-24)27(32)26(31)29-20-18-28(19-21-29)25(22-12-6-3-7-13-22)23-14-8-4-9-15-23/h3-17,25H,2,18-21H2,1H3. The van der Waals surface area contributed by atoms with Crippen LogP contribution in [-0.4, -0.2) is 54.3 Å². The van der Waals surface area contributed by atoms with Gasteiger partial charge < -0.3 is 9.80 Å². The van der Waals surface area contributed by atoms with Gasteiger partial charge in [-0.25, -0.2) is 0 Å². The molecule has 0 aliphatic carbocycles. The Balaban J connectivity index is 1.46. The number of anilines is 1. The highest BCUT2D eigenvalue weighted by atomic mass is 16.2. The minimum atomic E-state index is -0.463. The van der Waals surface area contributed by atoms with Crippen LogP contribution in [0.15, 0.2) is 91.0 Å². The number of nitrogens with zero attached hydrogens (tertiary/aromatic N) is 3.